The monoisotopic (exact) mass is 620 g/mol. The van der Waals surface area contributed by atoms with Crippen LogP contribution in [0, 0.1) is 20.9 Å². The molecule has 0 atom stereocenters. The Morgan fingerprint density at radius 3 is 1.67 bits per heavy atom. The van der Waals surface area contributed by atoms with Gasteiger partial charge in [0.05, 0.1) is 0 Å². The Morgan fingerprint density at radius 2 is 1.06 bits per heavy atom. The lowest BCUT2D eigenvalue weighted by Gasteiger charge is -2.14. The van der Waals surface area contributed by atoms with Crippen molar-refractivity contribution in [2.75, 3.05) is 0 Å². The summed E-state index contributed by atoms with van der Waals surface area (Å²) in [6.07, 6.45) is 0. The van der Waals surface area contributed by atoms with Gasteiger partial charge in [0, 0.05) is 42.5 Å². The van der Waals surface area contributed by atoms with Crippen LogP contribution in [-0.2, 0) is 0 Å². The Hall–Kier alpha value is 1.32. The lowest BCUT2D eigenvalue weighted by Crippen LogP contribution is -1.97. The van der Waals surface area contributed by atoms with E-state index in [4.69, 9.17) is 0 Å². The maximum atomic E-state index is 3.66. The minimum Gasteiger partial charge on any atom is -0.0525 e. The fourth-order valence-corrected chi connectivity index (χ4v) is 5.46. The topological polar surface area (TPSA) is 0 Å². The molecule has 1 aliphatic rings. The molecule has 0 aromatic heterocycles. The molecule has 6 heteroatoms. The quantitative estimate of drug-likeness (QED) is 0.184. The van der Waals surface area contributed by atoms with Crippen LogP contribution >= 0.6 is 95.6 Å². The highest BCUT2D eigenvalue weighted by Gasteiger charge is 2.18. The first-order chi connectivity index (χ1) is 8.45. The Morgan fingerprint density at radius 1 is 0.500 bits per heavy atom. The number of rotatable bonds is 0. The van der Waals surface area contributed by atoms with Crippen molar-refractivity contribution in [2.45, 2.75) is 0 Å². The Balaban J connectivity index is 2.72. The van der Waals surface area contributed by atoms with Gasteiger partial charge in [0.25, 0.3) is 0 Å². The van der Waals surface area contributed by atoms with E-state index >= 15 is 0 Å². The third kappa shape index (κ3) is 1.82. The van der Waals surface area contributed by atoms with Crippen molar-refractivity contribution >= 4 is 95.6 Å². The van der Waals surface area contributed by atoms with Gasteiger partial charge in [0.15, 0.2) is 0 Å². The summed E-state index contributed by atoms with van der Waals surface area (Å²) < 4.78 is 6.35. The highest BCUT2D eigenvalue weighted by atomic mass is 79.9. The predicted octanol–water partition coefficient (Wildman–Crippen LogP) is 7.15. The molecule has 0 heterocycles. The minimum absolute atomic E-state index is 1.02. The first-order valence-corrected chi connectivity index (χ1v) is 9.55. The van der Waals surface area contributed by atoms with Crippen molar-refractivity contribution in [3.8, 4) is 0 Å². The SMILES string of the molecule is Brc1ccc2c(c1Br)=c1c(Br)c(Br)c(Br)c(Br)c1=2. The maximum Gasteiger partial charge on any atom is 0.0477 e. The molecular formula is C12H2Br6. The van der Waals surface area contributed by atoms with Crippen LogP contribution in [0.25, 0.3) is 0 Å². The summed E-state index contributed by atoms with van der Waals surface area (Å²) in [4.78, 5) is 0. The van der Waals surface area contributed by atoms with Crippen molar-refractivity contribution in [2.24, 2.45) is 0 Å². The molecular weight excluding hydrogens is 624 g/mol. The summed E-state index contributed by atoms with van der Waals surface area (Å²) in [5, 5.41) is 4.95. The van der Waals surface area contributed by atoms with E-state index in [2.05, 4.69) is 108 Å². The molecule has 0 amide bonds. The molecule has 2 aromatic carbocycles. The van der Waals surface area contributed by atoms with Gasteiger partial charge in [0.2, 0.25) is 0 Å². The van der Waals surface area contributed by atoms with E-state index in [-0.39, 0.29) is 0 Å². The fraction of sp³-hybridized carbons (Fsp3) is 0. The molecule has 3 rings (SSSR count). The Bertz CT molecular complexity index is 885. The van der Waals surface area contributed by atoms with Gasteiger partial charge >= 0.3 is 0 Å². The fourth-order valence-electron chi connectivity index (χ4n) is 2.06. The van der Waals surface area contributed by atoms with Gasteiger partial charge in [-0.3, -0.25) is 0 Å². The van der Waals surface area contributed by atoms with Gasteiger partial charge in [-0.25, -0.2) is 0 Å². The van der Waals surface area contributed by atoms with Crippen LogP contribution in [0.1, 0.15) is 0 Å². The second-order valence-corrected chi connectivity index (χ2v) is 8.61. The second kappa shape index (κ2) is 4.95. The molecule has 0 spiro atoms. The van der Waals surface area contributed by atoms with E-state index in [1.54, 1.807) is 0 Å². The van der Waals surface area contributed by atoms with Crippen molar-refractivity contribution in [3.63, 3.8) is 0 Å². The first-order valence-electron chi connectivity index (χ1n) is 4.79. The third-order valence-electron chi connectivity index (χ3n) is 2.88. The van der Waals surface area contributed by atoms with Gasteiger partial charge in [-0.1, -0.05) is 6.07 Å². The van der Waals surface area contributed by atoms with Crippen LogP contribution in [0.15, 0.2) is 39.0 Å². The summed E-state index contributed by atoms with van der Waals surface area (Å²) in [5.74, 6) is 0. The molecule has 2 aromatic rings. The van der Waals surface area contributed by atoms with Crippen molar-refractivity contribution < 1.29 is 0 Å². The number of benzene rings is 2. The normalized spacial score (nSPS) is 11.9. The van der Waals surface area contributed by atoms with Gasteiger partial charge in [-0.05, 0) is 107 Å². The number of halogens is 6. The molecule has 18 heavy (non-hydrogen) atoms. The molecule has 0 N–H and O–H groups in total. The van der Waals surface area contributed by atoms with E-state index in [0.717, 1.165) is 26.8 Å². The average molecular weight is 626 g/mol. The predicted molar refractivity (Wildman–Crippen MR) is 94.4 cm³/mol. The van der Waals surface area contributed by atoms with Gasteiger partial charge in [-0.2, -0.15) is 0 Å². The smallest absolute Gasteiger partial charge is 0.0477 e. The van der Waals surface area contributed by atoms with Crippen molar-refractivity contribution in [1.29, 1.82) is 0 Å². The van der Waals surface area contributed by atoms with E-state index in [1.807, 2.05) is 0 Å². The molecule has 0 aliphatic heterocycles. The molecule has 0 fully saturated rings. The molecule has 0 radical (unpaired) electrons. The number of fused-ring (bicyclic) bond motifs is 2. The van der Waals surface area contributed by atoms with E-state index in [1.165, 1.54) is 20.9 Å². The molecule has 0 saturated carbocycles. The summed E-state index contributed by atoms with van der Waals surface area (Å²) in [7, 11) is 0. The zero-order valence-corrected chi connectivity index (χ0v) is 17.9. The molecule has 92 valence electrons. The van der Waals surface area contributed by atoms with Gasteiger partial charge < -0.3 is 0 Å². The van der Waals surface area contributed by atoms with Crippen LogP contribution in [0.5, 0.6) is 0 Å². The maximum absolute atomic E-state index is 3.66. The lowest BCUT2D eigenvalue weighted by atomic mass is 10.0. The molecule has 0 nitrogen and oxygen atoms in total. The van der Waals surface area contributed by atoms with Crippen molar-refractivity contribution in [3.05, 3.63) is 59.8 Å². The molecule has 0 saturated heterocycles. The summed E-state index contributed by atoms with van der Waals surface area (Å²) in [5.41, 5.74) is 0. The highest BCUT2D eigenvalue weighted by molar-refractivity contribution is 9.15. The lowest BCUT2D eigenvalue weighted by molar-refractivity contribution is 1.21. The largest absolute Gasteiger partial charge is 0.0525 e. The van der Waals surface area contributed by atoms with Crippen LogP contribution in [-0.4, -0.2) is 0 Å². The number of hydrogen-bond acceptors (Lipinski definition) is 0. The standard InChI is InChI=1S/C12H2Br6/c13-4-2-1-3-5(8(4)14)7-6(3)9(15)11(17)12(18)10(7)16/h1-2H. The van der Waals surface area contributed by atoms with Crippen LogP contribution < -0.4 is 0 Å². The number of hydrogen-bond donors (Lipinski definition) is 0. The Kier molecular flexibility index (Phi) is 3.92. The molecule has 0 bridgehead atoms. The first kappa shape index (κ1) is 14.3. The summed E-state index contributed by atoms with van der Waals surface area (Å²) in [6, 6.07) is 4.19. The van der Waals surface area contributed by atoms with Crippen LogP contribution in [0.3, 0.4) is 0 Å². The van der Waals surface area contributed by atoms with Crippen molar-refractivity contribution in [1.82, 2.24) is 0 Å². The molecule has 1 aliphatic carbocycles. The molecule has 0 unspecified atom stereocenters. The summed E-state index contributed by atoms with van der Waals surface area (Å²) >= 11 is 21.7. The van der Waals surface area contributed by atoms with E-state index in [9.17, 15) is 0 Å². The zero-order chi connectivity index (χ0) is 13.2. The minimum atomic E-state index is 1.02. The summed E-state index contributed by atoms with van der Waals surface area (Å²) in [6.45, 7) is 0. The average Bonchev–Trinajstić information content (AvgIpc) is 2.31. The van der Waals surface area contributed by atoms with E-state index < -0.39 is 0 Å². The zero-order valence-electron chi connectivity index (χ0n) is 8.42. The van der Waals surface area contributed by atoms with Crippen LogP contribution in [0.4, 0.5) is 0 Å². The second-order valence-electron chi connectivity index (χ2n) is 3.79. The van der Waals surface area contributed by atoms with Gasteiger partial charge in [0.1, 0.15) is 0 Å². The third-order valence-corrected chi connectivity index (χ3v) is 9.67. The highest BCUT2D eigenvalue weighted by Crippen LogP contribution is 2.42. The van der Waals surface area contributed by atoms with E-state index in [0.29, 0.717) is 0 Å². The Labute approximate surface area is 153 Å². The van der Waals surface area contributed by atoms with Gasteiger partial charge in [-0.15, -0.1) is 0 Å². The van der Waals surface area contributed by atoms with Crippen LogP contribution in [0.2, 0.25) is 0 Å².